The van der Waals surface area contributed by atoms with Crippen LogP contribution in [0.5, 0.6) is 11.5 Å². The highest BCUT2D eigenvalue weighted by atomic mass is 16.5. The van der Waals surface area contributed by atoms with Crippen LogP contribution in [0.2, 0.25) is 0 Å². The van der Waals surface area contributed by atoms with Gasteiger partial charge in [0.2, 0.25) is 0 Å². The lowest BCUT2D eigenvalue weighted by molar-refractivity contribution is 0.0787. The van der Waals surface area contributed by atoms with Crippen molar-refractivity contribution >= 4 is 17.4 Å². The molecule has 0 unspecified atom stereocenters. The molecule has 1 aromatic heterocycles. The average molecular weight is 328 g/mol. The number of carbonyl (C=O) groups excluding carboxylic acids is 1. The molecule has 7 heteroatoms. The minimum atomic E-state index is -0.0507. The summed E-state index contributed by atoms with van der Waals surface area (Å²) >= 11 is 0. The van der Waals surface area contributed by atoms with Crippen molar-refractivity contribution in [3.05, 3.63) is 36.3 Å². The van der Waals surface area contributed by atoms with Crippen molar-refractivity contribution in [2.75, 3.05) is 32.6 Å². The van der Waals surface area contributed by atoms with E-state index in [1.807, 2.05) is 17.0 Å². The minimum absolute atomic E-state index is 0.0507. The lowest BCUT2D eigenvalue weighted by atomic mass is 10.2. The molecule has 3 rings (SSSR count). The first-order valence-corrected chi connectivity index (χ1v) is 7.81. The summed E-state index contributed by atoms with van der Waals surface area (Å²) in [5.74, 6) is 1.77. The van der Waals surface area contributed by atoms with E-state index >= 15 is 0 Å². The third-order valence-corrected chi connectivity index (χ3v) is 3.94. The molecule has 0 bridgehead atoms. The van der Waals surface area contributed by atoms with Crippen LogP contribution in [0, 0.1) is 0 Å². The number of carbonyl (C=O) groups is 1. The number of amides is 1. The van der Waals surface area contributed by atoms with Gasteiger partial charge in [0.1, 0.15) is 17.8 Å². The Balaban J connectivity index is 1.78. The number of nitrogens with zero attached hydrogens (tertiary/aromatic N) is 3. The molecule has 7 nitrogen and oxygen atoms in total. The Morgan fingerprint density at radius 2 is 1.83 bits per heavy atom. The molecule has 1 saturated heterocycles. The van der Waals surface area contributed by atoms with Crippen molar-refractivity contribution in [2.45, 2.75) is 12.8 Å². The Kier molecular flexibility index (Phi) is 4.79. The minimum Gasteiger partial charge on any atom is -0.493 e. The number of hydrogen-bond acceptors (Lipinski definition) is 6. The topological polar surface area (TPSA) is 76.6 Å². The normalized spacial score (nSPS) is 13.7. The number of aromatic nitrogens is 2. The second kappa shape index (κ2) is 7.16. The maximum atomic E-state index is 12.4. The van der Waals surface area contributed by atoms with Gasteiger partial charge in [0, 0.05) is 30.9 Å². The molecule has 1 amide bonds. The van der Waals surface area contributed by atoms with Crippen LogP contribution in [0.4, 0.5) is 11.5 Å². The Bertz CT molecular complexity index is 730. The van der Waals surface area contributed by atoms with Crippen LogP contribution in [-0.4, -0.2) is 48.1 Å². The molecular weight excluding hydrogens is 308 g/mol. The van der Waals surface area contributed by atoms with Gasteiger partial charge in [0.15, 0.2) is 11.5 Å². The van der Waals surface area contributed by atoms with Gasteiger partial charge < -0.3 is 19.7 Å². The lowest BCUT2D eigenvalue weighted by Crippen LogP contribution is -2.28. The first kappa shape index (κ1) is 16.0. The fourth-order valence-electron chi connectivity index (χ4n) is 2.69. The van der Waals surface area contributed by atoms with Crippen molar-refractivity contribution in [3.63, 3.8) is 0 Å². The summed E-state index contributed by atoms with van der Waals surface area (Å²) in [6.07, 6.45) is 3.49. The zero-order chi connectivity index (χ0) is 16.9. The molecule has 0 atom stereocenters. The van der Waals surface area contributed by atoms with E-state index in [2.05, 4.69) is 15.3 Å². The average Bonchev–Trinajstić information content (AvgIpc) is 3.16. The van der Waals surface area contributed by atoms with E-state index in [0.29, 0.717) is 23.0 Å². The van der Waals surface area contributed by atoms with Gasteiger partial charge in [-0.2, -0.15) is 0 Å². The summed E-state index contributed by atoms with van der Waals surface area (Å²) in [4.78, 5) is 22.5. The monoisotopic (exact) mass is 328 g/mol. The molecule has 0 radical (unpaired) electrons. The van der Waals surface area contributed by atoms with Crippen LogP contribution in [0.1, 0.15) is 23.3 Å². The molecule has 1 aromatic carbocycles. The van der Waals surface area contributed by atoms with E-state index in [0.717, 1.165) is 31.6 Å². The Morgan fingerprint density at radius 1 is 1.08 bits per heavy atom. The highest BCUT2D eigenvalue weighted by Gasteiger charge is 2.20. The van der Waals surface area contributed by atoms with Crippen LogP contribution in [-0.2, 0) is 0 Å². The molecule has 0 aliphatic carbocycles. The zero-order valence-electron chi connectivity index (χ0n) is 13.8. The van der Waals surface area contributed by atoms with Crippen LogP contribution in [0.15, 0.2) is 30.6 Å². The van der Waals surface area contributed by atoms with Gasteiger partial charge in [-0.3, -0.25) is 4.79 Å². The number of benzene rings is 1. The van der Waals surface area contributed by atoms with Crippen LogP contribution in [0.3, 0.4) is 0 Å². The molecule has 1 fully saturated rings. The van der Waals surface area contributed by atoms with Gasteiger partial charge >= 0.3 is 0 Å². The second-order valence-electron chi connectivity index (χ2n) is 5.48. The molecule has 2 aromatic rings. The van der Waals surface area contributed by atoms with Crippen LogP contribution >= 0.6 is 0 Å². The van der Waals surface area contributed by atoms with Crippen molar-refractivity contribution in [2.24, 2.45) is 0 Å². The molecule has 126 valence electrons. The van der Waals surface area contributed by atoms with E-state index in [9.17, 15) is 4.79 Å². The molecule has 1 aliphatic rings. The third kappa shape index (κ3) is 3.40. The Hall–Kier alpha value is -2.83. The summed E-state index contributed by atoms with van der Waals surface area (Å²) in [7, 11) is 3.17. The SMILES string of the molecule is COc1ccc(Nc2cc(C(=O)N3CCCC3)ncn2)cc1OC. The number of rotatable bonds is 5. The summed E-state index contributed by atoms with van der Waals surface area (Å²) < 4.78 is 10.5. The molecule has 0 spiro atoms. The van der Waals surface area contributed by atoms with Crippen molar-refractivity contribution in [1.82, 2.24) is 14.9 Å². The number of likely N-dealkylation sites (tertiary alicyclic amines) is 1. The number of hydrogen-bond donors (Lipinski definition) is 1. The zero-order valence-corrected chi connectivity index (χ0v) is 13.8. The van der Waals surface area contributed by atoms with Crippen molar-refractivity contribution in [3.8, 4) is 11.5 Å². The fraction of sp³-hybridized carbons (Fsp3) is 0.353. The van der Waals surface area contributed by atoms with Crippen LogP contribution < -0.4 is 14.8 Å². The van der Waals surface area contributed by atoms with E-state index in [-0.39, 0.29) is 5.91 Å². The molecular formula is C17H20N4O3. The fourth-order valence-corrected chi connectivity index (χ4v) is 2.69. The highest BCUT2D eigenvalue weighted by molar-refractivity contribution is 5.93. The number of nitrogens with one attached hydrogen (secondary N) is 1. The lowest BCUT2D eigenvalue weighted by Gasteiger charge is -2.15. The van der Waals surface area contributed by atoms with Gasteiger partial charge in [-0.25, -0.2) is 9.97 Å². The first-order chi connectivity index (χ1) is 11.7. The van der Waals surface area contributed by atoms with Crippen LogP contribution in [0.25, 0.3) is 0 Å². The molecule has 2 heterocycles. The summed E-state index contributed by atoms with van der Waals surface area (Å²) in [5, 5.41) is 3.16. The molecule has 1 N–H and O–H groups in total. The smallest absolute Gasteiger partial charge is 0.272 e. The third-order valence-electron chi connectivity index (χ3n) is 3.94. The molecule has 1 aliphatic heterocycles. The summed E-state index contributed by atoms with van der Waals surface area (Å²) in [5.41, 5.74) is 1.18. The predicted molar refractivity (Wildman–Crippen MR) is 90.0 cm³/mol. The van der Waals surface area contributed by atoms with E-state index in [1.165, 1.54) is 6.33 Å². The highest BCUT2D eigenvalue weighted by Crippen LogP contribution is 2.30. The summed E-state index contributed by atoms with van der Waals surface area (Å²) in [6, 6.07) is 7.13. The maximum absolute atomic E-state index is 12.4. The van der Waals surface area contributed by atoms with E-state index in [1.54, 1.807) is 26.4 Å². The first-order valence-electron chi connectivity index (χ1n) is 7.81. The Labute approximate surface area is 140 Å². The van der Waals surface area contributed by atoms with Crippen molar-refractivity contribution < 1.29 is 14.3 Å². The van der Waals surface area contributed by atoms with E-state index in [4.69, 9.17) is 9.47 Å². The Morgan fingerprint density at radius 3 is 2.54 bits per heavy atom. The standard InChI is InChI=1S/C17H20N4O3/c1-23-14-6-5-12(9-15(14)24-2)20-16-10-13(18-11-19-16)17(22)21-7-3-4-8-21/h5-6,9-11H,3-4,7-8H2,1-2H3,(H,18,19,20). The van der Waals surface area contributed by atoms with Gasteiger partial charge in [-0.15, -0.1) is 0 Å². The molecule has 0 saturated carbocycles. The van der Waals surface area contributed by atoms with Crippen molar-refractivity contribution in [1.29, 1.82) is 0 Å². The maximum Gasteiger partial charge on any atom is 0.272 e. The van der Waals surface area contributed by atoms with Gasteiger partial charge in [0.05, 0.1) is 14.2 Å². The molecule has 24 heavy (non-hydrogen) atoms. The largest absolute Gasteiger partial charge is 0.493 e. The number of ether oxygens (including phenoxy) is 2. The van der Waals surface area contributed by atoms with Gasteiger partial charge in [0.25, 0.3) is 5.91 Å². The van der Waals surface area contributed by atoms with E-state index < -0.39 is 0 Å². The number of anilines is 2. The summed E-state index contributed by atoms with van der Waals surface area (Å²) in [6.45, 7) is 1.59. The quantitative estimate of drug-likeness (QED) is 0.908. The predicted octanol–water partition coefficient (Wildman–Crippen LogP) is 2.47. The number of methoxy groups -OCH3 is 2. The second-order valence-corrected chi connectivity index (χ2v) is 5.48. The van der Waals surface area contributed by atoms with Gasteiger partial charge in [-0.1, -0.05) is 0 Å². The van der Waals surface area contributed by atoms with Gasteiger partial charge in [-0.05, 0) is 25.0 Å².